The fraction of sp³-hybridized carbons (Fsp3) is 0.200. The van der Waals surface area contributed by atoms with Crippen LogP contribution in [0.5, 0.6) is 0 Å². The molecule has 0 spiro atoms. The second kappa shape index (κ2) is 8.33. The van der Waals surface area contributed by atoms with Gasteiger partial charge in [-0.25, -0.2) is 9.97 Å². The van der Waals surface area contributed by atoms with Crippen LogP contribution in [0.25, 0.3) is 11.3 Å². The fourth-order valence-corrected chi connectivity index (χ4v) is 3.82. The van der Waals surface area contributed by atoms with E-state index in [1.165, 1.54) is 18.2 Å². The minimum atomic E-state index is -4.56. The van der Waals surface area contributed by atoms with Crippen LogP contribution in [-0.2, 0) is 6.18 Å². The second-order valence-corrected chi connectivity index (χ2v) is 7.90. The van der Waals surface area contributed by atoms with Crippen molar-refractivity contribution < 1.29 is 18.3 Å². The highest BCUT2D eigenvalue weighted by molar-refractivity contribution is 8.00. The molecule has 2 N–H and O–H groups in total. The molecule has 4 rings (SSSR count). The quantitative estimate of drug-likeness (QED) is 0.524. The number of hydrogen-bond acceptors (Lipinski definition) is 6. The van der Waals surface area contributed by atoms with E-state index in [1.807, 2.05) is 17.0 Å². The molecule has 0 amide bonds. The first-order chi connectivity index (χ1) is 14.3. The molecule has 0 unspecified atom stereocenters. The number of nitrogens with one attached hydrogen (secondary N) is 1. The predicted molar refractivity (Wildman–Crippen MR) is 112 cm³/mol. The highest BCUT2D eigenvalue weighted by atomic mass is 35.5. The Labute approximate surface area is 180 Å². The monoisotopic (exact) mass is 452 g/mol. The number of aromatic nitrogens is 2. The third kappa shape index (κ3) is 4.48. The normalized spacial score (nSPS) is 14.5. The van der Waals surface area contributed by atoms with Crippen molar-refractivity contribution in [2.24, 2.45) is 0 Å². The molecule has 0 radical (unpaired) electrons. The zero-order chi connectivity index (χ0) is 21.3. The highest BCUT2D eigenvalue weighted by Crippen LogP contribution is 2.39. The van der Waals surface area contributed by atoms with Crippen molar-refractivity contribution in [2.75, 3.05) is 22.7 Å². The first-order valence-corrected chi connectivity index (χ1v) is 10.2. The molecule has 0 saturated carbocycles. The highest BCUT2D eigenvalue weighted by Gasteiger charge is 2.35. The number of nitrogens with zero attached hydrogens (tertiary/aromatic N) is 3. The molecule has 1 aliphatic rings. The molecule has 156 valence electrons. The van der Waals surface area contributed by atoms with Crippen LogP contribution in [0.1, 0.15) is 5.56 Å². The number of rotatable bonds is 5. The Morgan fingerprint density at radius 3 is 2.50 bits per heavy atom. The number of aliphatic hydroxyl groups excluding tert-OH is 1. The van der Waals surface area contributed by atoms with Crippen molar-refractivity contribution in [3.05, 3.63) is 65.2 Å². The lowest BCUT2D eigenvalue weighted by Crippen LogP contribution is -2.51. The van der Waals surface area contributed by atoms with Gasteiger partial charge >= 0.3 is 6.18 Å². The third-order valence-corrected chi connectivity index (χ3v) is 5.56. The van der Waals surface area contributed by atoms with Crippen LogP contribution in [0.3, 0.4) is 0 Å². The van der Waals surface area contributed by atoms with Gasteiger partial charge in [0.05, 0.1) is 17.4 Å². The van der Waals surface area contributed by atoms with Gasteiger partial charge in [0.1, 0.15) is 16.7 Å². The maximum atomic E-state index is 13.5. The van der Waals surface area contributed by atoms with E-state index in [-0.39, 0.29) is 28.2 Å². The van der Waals surface area contributed by atoms with Crippen molar-refractivity contribution in [1.82, 2.24) is 9.97 Å². The Hall–Kier alpha value is -2.49. The standard InChI is InChI=1S/C20H16ClF3N4OS/c21-15-5-2-1-4-13(15)19-14(20(22,23)24)8-9-16(25-19)27-30-18-7-3-6-17(26-18)28-10-12(29)11-28/h1-9,12,29H,10-11H2,(H,25,27). The van der Waals surface area contributed by atoms with Crippen LogP contribution >= 0.6 is 23.5 Å². The SMILES string of the molecule is OC1CN(c2cccc(SNc3ccc(C(F)(F)F)c(-c4ccccc4Cl)n3)n2)C1. The third-order valence-electron chi connectivity index (χ3n) is 4.48. The summed E-state index contributed by atoms with van der Waals surface area (Å²) in [5.41, 5.74) is -0.894. The Morgan fingerprint density at radius 2 is 1.80 bits per heavy atom. The van der Waals surface area contributed by atoms with Gasteiger partial charge in [0.2, 0.25) is 0 Å². The maximum absolute atomic E-state index is 13.5. The lowest BCUT2D eigenvalue weighted by molar-refractivity contribution is -0.137. The lowest BCUT2D eigenvalue weighted by atomic mass is 10.1. The molecule has 1 aliphatic heterocycles. The zero-order valence-corrected chi connectivity index (χ0v) is 17.0. The van der Waals surface area contributed by atoms with Crippen molar-refractivity contribution in [1.29, 1.82) is 0 Å². The van der Waals surface area contributed by atoms with Crippen LogP contribution in [-0.4, -0.2) is 34.3 Å². The number of β-amino-alcohol motifs (C(OH)–C–C–N with tert-alkyl or cyclic N) is 1. The van der Waals surface area contributed by atoms with Gasteiger partial charge in [-0.05, 0) is 30.3 Å². The van der Waals surface area contributed by atoms with Gasteiger partial charge in [0, 0.05) is 35.6 Å². The van der Waals surface area contributed by atoms with E-state index in [0.29, 0.717) is 18.1 Å². The van der Waals surface area contributed by atoms with Gasteiger partial charge in [-0.3, -0.25) is 0 Å². The molecule has 5 nitrogen and oxygen atoms in total. The Bertz CT molecular complexity index is 1060. The molecule has 1 saturated heterocycles. The number of benzene rings is 1. The molecule has 1 fully saturated rings. The summed E-state index contributed by atoms with van der Waals surface area (Å²) in [5, 5.41) is 10.2. The predicted octanol–water partition coefficient (Wildman–Crippen LogP) is 5.12. The molecular formula is C20H16ClF3N4OS. The second-order valence-electron chi connectivity index (χ2n) is 6.67. The summed E-state index contributed by atoms with van der Waals surface area (Å²) in [6.45, 7) is 1.05. The summed E-state index contributed by atoms with van der Waals surface area (Å²) < 4.78 is 43.4. The van der Waals surface area contributed by atoms with E-state index >= 15 is 0 Å². The van der Waals surface area contributed by atoms with Gasteiger partial charge < -0.3 is 14.7 Å². The molecule has 3 heterocycles. The summed E-state index contributed by atoms with van der Waals surface area (Å²) in [4.78, 5) is 10.6. The summed E-state index contributed by atoms with van der Waals surface area (Å²) in [6, 6.07) is 14.0. The molecule has 10 heteroatoms. The molecule has 0 aliphatic carbocycles. The number of anilines is 2. The molecule has 2 aromatic heterocycles. The van der Waals surface area contributed by atoms with Crippen LogP contribution in [0, 0.1) is 0 Å². The average Bonchev–Trinajstić information content (AvgIpc) is 2.69. The van der Waals surface area contributed by atoms with Crippen LogP contribution < -0.4 is 9.62 Å². The minimum Gasteiger partial charge on any atom is -0.389 e. The van der Waals surface area contributed by atoms with E-state index < -0.39 is 11.7 Å². The summed E-state index contributed by atoms with van der Waals surface area (Å²) in [5.74, 6) is 0.971. The molecular weight excluding hydrogens is 437 g/mol. The number of pyridine rings is 2. The fourth-order valence-electron chi connectivity index (χ4n) is 2.99. The summed E-state index contributed by atoms with van der Waals surface area (Å²) in [7, 11) is 0. The van der Waals surface area contributed by atoms with Gasteiger partial charge in [-0.1, -0.05) is 35.9 Å². The topological polar surface area (TPSA) is 61.3 Å². The zero-order valence-electron chi connectivity index (χ0n) is 15.4. The number of halogens is 4. The Balaban J connectivity index is 1.58. The minimum absolute atomic E-state index is 0.186. The lowest BCUT2D eigenvalue weighted by Gasteiger charge is -2.36. The maximum Gasteiger partial charge on any atom is 0.418 e. The molecule has 1 aromatic carbocycles. The Morgan fingerprint density at radius 1 is 1.03 bits per heavy atom. The van der Waals surface area contributed by atoms with E-state index in [1.54, 1.807) is 18.2 Å². The van der Waals surface area contributed by atoms with Crippen molar-refractivity contribution >= 4 is 35.2 Å². The molecule has 30 heavy (non-hydrogen) atoms. The van der Waals surface area contributed by atoms with Crippen LogP contribution in [0.15, 0.2) is 59.6 Å². The first-order valence-electron chi connectivity index (χ1n) is 8.97. The van der Waals surface area contributed by atoms with Crippen molar-refractivity contribution in [3.8, 4) is 11.3 Å². The number of hydrogen-bond donors (Lipinski definition) is 2. The largest absolute Gasteiger partial charge is 0.418 e. The van der Waals surface area contributed by atoms with Gasteiger partial charge in [0.25, 0.3) is 0 Å². The molecule has 0 bridgehead atoms. The van der Waals surface area contributed by atoms with Gasteiger partial charge in [0.15, 0.2) is 0 Å². The van der Waals surface area contributed by atoms with E-state index in [0.717, 1.165) is 23.8 Å². The van der Waals surface area contributed by atoms with Crippen LogP contribution in [0.4, 0.5) is 24.8 Å². The number of aliphatic hydroxyl groups is 1. The molecule has 0 atom stereocenters. The van der Waals surface area contributed by atoms with Gasteiger partial charge in [-0.15, -0.1) is 0 Å². The summed E-state index contributed by atoms with van der Waals surface area (Å²) >= 11 is 7.25. The smallest absolute Gasteiger partial charge is 0.389 e. The molecule has 3 aromatic rings. The van der Waals surface area contributed by atoms with Crippen molar-refractivity contribution in [2.45, 2.75) is 17.3 Å². The first kappa shape index (κ1) is 20.8. The van der Waals surface area contributed by atoms with Crippen molar-refractivity contribution in [3.63, 3.8) is 0 Å². The summed E-state index contributed by atoms with van der Waals surface area (Å²) in [6.07, 6.45) is -4.91. The van der Waals surface area contributed by atoms with Gasteiger partial charge in [-0.2, -0.15) is 13.2 Å². The van der Waals surface area contributed by atoms with E-state index in [4.69, 9.17) is 11.6 Å². The Kier molecular flexibility index (Phi) is 5.77. The van der Waals surface area contributed by atoms with E-state index in [9.17, 15) is 18.3 Å². The van der Waals surface area contributed by atoms with E-state index in [2.05, 4.69) is 14.7 Å². The number of alkyl halides is 3. The van der Waals surface area contributed by atoms with Crippen LogP contribution in [0.2, 0.25) is 5.02 Å². The average molecular weight is 453 g/mol.